The molecule has 3 aromatic rings. The summed E-state index contributed by atoms with van der Waals surface area (Å²) >= 11 is 0. The smallest absolute Gasteiger partial charge is 0.275 e. The zero-order valence-electron chi connectivity index (χ0n) is 16.6. The Hall–Kier alpha value is -2.36. The molecule has 0 spiro atoms. The maximum atomic E-state index is 14.1. The lowest BCUT2D eigenvalue weighted by Gasteiger charge is -2.38. The van der Waals surface area contributed by atoms with Gasteiger partial charge in [-0.05, 0) is 60.6 Å². The van der Waals surface area contributed by atoms with Crippen LogP contribution in [0.3, 0.4) is 0 Å². The number of aromatic nitrogens is 2. The fourth-order valence-electron chi connectivity index (χ4n) is 5.97. The first kappa shape index (κ1) is 17.7. The van der Waals surface area contributed by atoms with E-state index in [-0.39, 0.29) is 22.2 Å². The van der Waals surface area contributed by atoms with Gasteiger partial charge in [0.15, 0.2) is 0 Å². The van der Waals surface area contributed by atoms with Crippen molar-refractivity contribution in [3.05, 3.63) is 70.5 Å². The summed E-state index contributed by atoms with van der Waals surface area (Å²) in [5.41, 5.74) is 1.82. The Morgan fingerprint density at radius 2 is 1.71 bits per heavy atom. The van der Waals surface area contributed by atoms with Crippen molar-refractivity contribution >= 4 is 10.9 Å². The summed E-state index contributed by atoms with van der Waals surface area (Å²) in [6.45, 7) is 5.94. The summed E-state index contributed by atoms with van der Waals surface area (Å²) in [6, 6.07) is 10.8. The predicted molar refractivity (Wildman–Crippen MR) is 110 cm³/mol. The Morgan fingerprint density at radius 3 is 2.36 bits per heavy atom. The van der Waals surface area contributed by atoms with Crippen LogP contribution in [-0.4, -0.2) is 9.13 Å². The van der Waals surface area contributed by atoms with Crippen molar-refractivity contribution in [3.8, 4) is 0 Å². The summed E-state index contributed by atoms with van der Waals surface area (Å²) in [5, 5.41) is 0.921. The molecule has 5 rings (SSSR count). The second-order valence-corrected chi connectivity index (χ2v) is 9.36. The normalized spacial score (nSPS) is 25.6. The van der Waals surface area contributed by atoms with Crippen LogP contribution in [0, 0.1) is 22.6 Å². The van der Waals surface area contributed by atoms with Crippen molar-refractivity contribution < 1.29 is 4.39 Å². The van der Waals surface area contributed by atoms with Crippen molar-refractivity contribution in [2.45, 2.75) is 52.6 Å². The van der Waals surface area contributed by atoms with Crippen molar-refractivity contribution in [3.63, 3.8) is 0 Å². The fourth-order valence-corrected chi connectivity index (χ4v) is 5.97. The van der Waals surface area contributed by atoms with E-state index in [1.165, 1.54) is 31.7 Å². The zero-order chi connectivity index (χ0) is 19.5. The lowest BCUT2D eigenvalue weighted by molar-refractivity contribution is 0.103. The Kier molecular flexibility index (Phi) is 3.84. The molecule has 2 fully saturated rings. The number of rotatable bonds is 4. The summed E-state index contributed by atoms with van der Waals surface area (Å²) in [5.74, 6) is 0.557. The van der Waals surface area contributed by atoms with Gasteiger partial charge in [-0.1, -0.05) is 32.0 Å². The van der Waals surface area contributed by atoms with Gasteiger partial charge < -0.3 is 9.13 Å². The molecule has 0 aliphatic heterocycles. The van der Waals surface area contributed by atoms with E-state index in [1.807, 2.05) is 39.7 Å². The summed E-state index contributed by atoms with van der Waals surface area (Å²) in [6.07, 6.45) is 8.85. The Labute approximate surface area is 164 Å². The van der Waals surface area contributed by atoms with E-state index in [9.17, 15) is 9.18 Å². The molecule has 28 heavy (non-hydrogen) atoms. The third kappa shape index (κ3) is 2.43. The van der Waals surface area contributed by atoms with Crippen LogP contribution in [0.1, 0.15) is 45.1 Å². The van der Waals surface area contributed by atoms with Crippen molar-refractivity contribution in [1.29, 1.82) is 0 Å². The number of halogens is 1. The number of fused-ring (bicyclic) bond motifs is 3. The molecule has 1 aromatic carbocycles. The molecule has 0 unspecified atom stereocenters. The molecule has 0 atom stereocenters. The highest BCUT2D eigenvalue weighted by Gasteiger charge is 2.58. The molecule has 0 radical (unpaired) electrons. The van der Waals surface area contributed by atoms with Crippen LogP contribution in [0.5, 0.6) is 0 Å². The minimum Gasteiger partial charge on any atom is -0.338 e. The van der Waals surface area contributed by atoms with Crippen LogP contribution in [0.15, 0.2) is 53.6 Å². The van der Waals surface area contributed by atoms with Crippen molar-refractivity contribution in [2.24, 2.45) is 16.7 Å². The highest BCUT2D eigenvalue weighted by Crippen LogP contribution is 2.66. The van der Waals surface area contributed by atoms with Crippen LogP contribution in [0.4, 0.5) is 4.39 Å². The van der Waals surface area contributed by atoms with E-state index in [1.54, 1.807) is 12.1 Å². The zero-order valence-corrected chi connectivity index (χ0v) is 16.6. The van der Waals surface area contributed by atoms with Gasteiger partial charge in [-0.15, -0.1) is 0 Å². The third-order valence-corrected chi connectivity index (χ3v) is 7.99. The monoisotopic (exact) mass is 378 g/mol. The molecular formula is C24H27FN2O. The van der Waals surface area contributed by atoms with E-state index in [0.717, 1.165) is 17.8 Å². The summed E-state index contributed by atoms with van der Waals surface area (Å²) < 4.78 is 17.9. The minimum atomic E-state index is -0.232. The molecule has 4 heteroatoms. The van der Waals surface area contributed by atoms with Crippen molar-refractivity contribution in [2.75, 3.05) is 0 Å². The van der Waals surface area contributed by atoms with Crippen LogP contribution in [0.2, 0.25) is 0 Å². The first-order valence-electron chi connectivity index (χ1n) is 10.3. The Bertz CT molecular complexity index is 1100. The first-order valence-corrected chi connectivity index (χ1v) is 10.3. The fraction of sp³-hybridized carbons (Fsp3) is 0.458. The maximum Gasteiger partial charge on any atom is 0.275 e. The molecule has 2 aliphatic carbocycles. The number of nitrogens with zero attached hydrogens (tertiary/aromatic N) is 2. The molecular weight excluding hydrogens is 351 g/mol. The second kappa shape index (κ2) is 6.07. The molecule has 3 nitrogen and oxygen atoms in total. The predicted octanol–water partition coefficient (Wildman–Crippen LogP) is 5.21. The van der Waals surface area contributed by atoms with Crippen LogP contribution >= 0.6 is 0 Å². The largest absolute Gasteiger partial charge is 0.338 e. The minimum absolute atomic E-state index is 0.0411. The molecule has 0 amide bonds. The number of hydrogen-bond acceptors (Lipinski definition) is 1. The third-order valence-electron chi connectivity index (χ3n) is 7.99. The van der Waals surface area contributed by atoms with E-state index in [2.05, 4.69) is 13.8 Å². The molecule has 0 saturated heterocycles. The Balaban J connectivity index is 1.55. The second-order valence-electron chi connectivity index (χ2n) is 9.36. The van der Waals surface area contributed by atoms with Crippen molar-refractivity contribution in [1.82, 2.24) is 9.13 Å². The molecule has 2 saturated carbocycles. The highest BCUT2D eigenvalue weighted by atomic mass is 19.1. The highest BCUT2D eigenvalue weighted by molar-refractivity contribution is 5.79. The lowest BCUT2D eigenvalue weighted by atomic mass is 9.69. The van der Waals surface area contributed by atoms with Gasteiger partial charge in [0.25, 0.3) is 5.56 Å². The molecule has 2 aromatic heterocycles. The molecule has 2 heterocycles. The van der Waals surface area contributed by atoms with Gasteiger partial charge >= 0.3 is 0 Å². The van der Waals surface area contributed by atoms with Crippen LogP contribution < -0.4 is 5.56 Å². The van der Waals surface area contributed by atoms with Gasteiger partial charge in [-0.25, -0.2) is 4.39 Å². The average Bonchev–Trinajstić information content (AvgIpc) is 3.27. The van der Waals surface area contributed by atoms with E-state index < -0.39 is 0 Å². The molecule has 0 N–H and O–H groups in total. The topological polar surface area (TPSA) is 26.9 Å². The summed E-state index contributed by atoms with van der Waals surface area (Å²) in [7, 11) is 0. The van der Waals surface area contributed by atoms with E-state index >= 15 is 0 Å². The van der Waals surface area contributed by atoms with Gasteiger partial charge in [0, 0.05) is 29.9 Å². The van der Waals surface area contributed by atoms with Gasteiger partial charge in [0.05, 0.1) is 6.54 Å². The van der Waals surface area contributed by atoms with E-state index in [4.69, 9.17) is 0 Å². The number of benzene rings is 1. The quantitative estimate of drug-likeness (QED) is 0.612. The van der Waals surface area contributed by atoms with E-state index in [0.29, 0.717) is 17.6 Å². The van der Waals surface area contributed by atoms with Gasteiger partial charge in [0.1, 0.15) is 11.3 Å². The Morgan fingerprint density at radius 1 is 1.04 bits per heavy atom. The van der Waals surface area contributed by atoms with Gasteiger partial charge in [-0.3, -0.25) is 4.79 Å². The average molecular weight is 378 g/mol. The first-order chi connectivity index (χ1) is 13.4. The molecule has 2 bridgehead atoms. The number of hydrogen-bond donors (Lipinski definition) is 0. The molecule has 2 aliphatic rings. The van der Waals surface area contributed by atoms with Gasteiger partial charge in [-0.2, -0.15) is 0 Å². The SMILES string of the molecule is CC1(C)C2CCC1(Cn1ccc3ccn(Cc4ccccc4F)c3c1=O)CC2. The number of pyridine rings is 1. The standard InChI is InChI=1S/C24H27FN2O/c1-23(2)19-7-11-24(23,12-8-19)16-27-14-10-17-9-13-26(21(17)22(27)28)15-18-5-3-4-6-20(18)25/h3-6,9-10,13-14,19H,7-8,11-12,15-16H2,1-2H3. The molecule has 146 valence electrons. The lowest BCUT2D eigenvalue weighted by Crippen LogP contribution is -2.38. The summed E-state index contributed by atoms with van der Waals surface area (Å²) in [4.78, 5) is 13.4. The van der Waals surface area contributed by atoms with Gasteiger partial charge in [0.2, 0.25) is 0 Å². The maximum absolute atomic E-state index is 14.1. The van der Waals surface area contributed by atoms with Crippen LogP contribution in [0.25, 0.3) is 10.9 Å². The van der Waals surface area contributed by atoms with Crippen LogP contribution in [-0.2, 0) is 13.1 Å².